The fraction of sp³-hybridized carbons (Fsp3) is 1.00. The van der Waals surface area contributed by atoms with Crippen LogP contribution in [-0.2, 0) is 0 Å². The first kappa shape index (κ1) is 9.97. The van der Waals surface area contributed by atoms with E-state index in [0.717, 1.165) is 45.2 Å². The monoisotopic (exact) mass is 173 g/mol. The molecule has 1 rings (SSSR count). The Morgan fingerprint density at radius 1 is 1.33 bits per heavy atom. The average Bonchev–Trinajstić information content (AvgIpc) is 2.27. The second kappa shape index (κ2) is 4.80. The van der Waals surface area contributed by atoms with Gasteiger partial charge in [-0.3, -0.25) is 0 Å². The van der Waals surface area contributed by atoms with Gasteiger partial charge >= 0.3 is 0 Å². The first-order chi connectivity index (χ1) is 5.77. The van der Waals surface area contributed by atoms with E-state index in [4.69, 9.17) is 0 Å². The van der Waals surface area contributed by atoms with Crippen LogP contribution in [0.5, 0.6) is 0 Å². The number of hydrogen-bond acceptors (Lipinski definition) is 1. The van der Waals surface area contributed by atoms with E-state index in [1.54, 1.807) is 0 Å². The van der Waals surface area contributed by atoms with Gasteiger partial charge in [-0.25, -0.2) is 4.39 Å². The lowest BCUT2D eigenvalue weighted by Crippen LogP contribution is -2.24. The molecule has 1 atom stereocenters. The predicted octanol–water partition coefficient (Wildman–Crippen LogP) is 2.66. The standard InChI is InChI=1S/C10H20FN/c1-2-3-5-10(11)6-4-8-12-9-7-10/h12H,2-9H2,1H3. The topological polar surface area (TPSA) is 12.0 Å². The summed E-state index contributed by atoms with van der Waals surface area (Å²) < 4.78 is 14.0. The zero-order chi connectivity index (χ0) is 8.86. The van der Waals surface area contributed by atoms with E-state index in [1.807, 2.05) is 0 Å². The van der Waals surface area contributed by atoms with Gasteiger partial charge in [0.15, 0.2) is 0 Å². The van der Waals surface area contributed by atoms with Crippen molar-refractivity contribution < 1.29 is 4.39 Å². The zero-order valence-corrected chi connectivity index (χ0v) is 8.03. The van der Waals surface area contributed by atoms with Gasteiger partial charge in [0.1, 0.15) is 5.67 Å². The lowest BCUT2D eigenvalue weighted by Gasteiger charge is -2.22. The van der Waals surface area contributed by atoms with Crippen molar-refractivity contribution in [2.24, 2.45) is 0 Å². The average molecular weight is 173 g/mol. The molecule has 1 fully saturated rings. The molecular weight excluding hydrogens is 153 g/mol. The second-order valence-electron chi connectivity index (χ2n) is 3.86. The lowest BCUT2D eigenvalue weighted by molar-refractivity contribution is 0.128. The Balaban J connectivity index is 2.32. The van der Waals surface area contributed by atoms with Crippen LogP contribution in [-0.4, -0.2) is 18.8 Å². The van der Waals surface area contributed by atoms with E-state index in [1.165, 1.54) is 0 Å². The molecule has 0 aromatic heterocycles. The highest BCUT2D eigenvalue weighted by molar-refractivity contribution is 4.82. The van der Waals surface area contributed by atoms with Gasteiger partial charge in [-0.05, 0) is 38.8 Å². The van der Waals surface area contributed by atoms with Crippen molar-refractivity contribution in [3.63, 3.8) is 0 Å². The van der Waals surface area contributed by atoms with E-state index in [0.29, 0.717) is 6.42 Å². The first-order valence-electron chi connectivity index (χ1n) is 5.16. The molecule has 1 N–H and O–H groups in total. The Hall–Kier alpha value is -0.110. The summed E-state index contributed by atoms with van der Waals surface area (Å²) in [6, 6.07) is 0. The molecule has 1 saturated heterocycles. The molecule has 1 aliphatic rings. The first-order valence-corrected chi connectivity index (χ1v) is 5.16. The number of halogens is 1. The van der Waals surface area contributed by atoms with Crippen LogP contribution in [0.4, 0.5) is 4.39 Å². The summed E-state index contributed by atoms with van der Waals surface area (Å²) in [6.45, 7) is 3.98. The van der Waals surface area contributed by atoms with Crippen molar-refractivity contribution in [2.45, 2.75) is 51.1 Å². The van der Waals surface area contributed by atoms with E-state index in [2.05, 4.69) is 12.2 Å². The minimum Gasteiger partial charge on any atom is -0.317 e. The minimum atomic E-state index is -0.848. The number of alkyl halides is 1. The van der Waals surface area contributed by atoms with Crippen molar-refractivity contribution in [1.29, 1.82) is 0 Å². The summed E-state index contributed by atoms with van der Waals surface area (Å²) in [5.74, 6) is 0. The molecule has 1 nitrogen and oxygen atoms in total. The quantitative estimate of drug-likeness (QED) is 0.692. The van der Waals surface area contributed by atoms with Crippen LogP contribution in [0.15, 0.2) is 0 Å². The molecule has 0 bridgehead atoms. The summed E-state index contributed by atoms with van der Waals surface area (Å²) in [4.78, 5) is 0. The number of hydrogen-bond donors (Lipinski definition) is 1. The van der Waals surface area contributed by atoms with Crippen LogP contribution >= 0.6 is 0 Å². The van der Waals surface area contributed by atoms with Crippen molar-refractivity contribution >= 4 is 0 Å². The van der Waals surface area contributed by atoms with Crippen LogP contribution in [0, 0.1) is 0 Å². The second-order valence-corrected chi connectivity index (χ2v) is 3.86. The summed E-state index contributed by atoms with van der Waals surface area (Å²) in [5.41, 5.74) is -0.848. The summed E-state index contributed by atoms with van der Waals surface area (Å²) in [5, 5.41) is 3.24. The predicted molar refractivity (Wildman–Crippen MR) is 50.1 cm³/mol. The minimum absolute atomic E-state index is 0.715. The van der Waals surface area contributed by atoms with Crippen LogP contribution in [0.25, 0.3) is 0 Å². The van der Waals surface area contributed by atoms with E-state index in [9.17, 15) is 4.39 Å². The number of unbranched alkanes of at least 4 members (excludes halogenated alkanes) is 1. The molecule has 1 unspecified atom stereocenters. The maximum atomic E-state index is 14.0. The third-order valence-corrected chi connectivity index (χ3v) is 2.71. The smallest absolute Gasteiger partial charge is 0.112 e. The molecular formula is C10H20FN. The molecule has 0 radical (unpaired) electrons. The molecule has 0 aliphatic carbocycles. The van der Waals surface area contributed by atoms with Gasteiger partial charge in [0.05, 0.1) is 0 Å². The third kappa shape index (κ3) is 3.10. The molecule has 2 heteroatoms. The van der Waals surface area contributed by atoms with Gasteiger partial charge in [-0.2, -0.15) is 0 Å². The molecule has 0 amide bonds. The van der Waals surface area contributed by atoms with Crippen LogP contribution in [0.3, 0.4) is 0 Å². The largest absolute Gasteiger partial charge is 0.317 e. The molecule has 72 valence electrons. The maximum Gasteiger partial charge on any atom is 0.112 e. The number of rotatable bonds is 3. The highest BCUT2D eigenvalue weighted by atomic mass is 19.1. The van der Waals surface area contributed by atoms with Gasteiger partial charge in [0.25, 0.3) is 0 Å². The van der Waals surface area contributed by atoms with Crippen LogP contribution in [0.1, 0.15) is 45.4 Å². The van der Waals surface area contributed by atoms with E-state index >= 15 is 0 Å². The molecule has 1 heterocycles. The van der Waals surface area contributed by atoms with Crippen LogP contribution < -0.4 is 5.32 Å². The lowest BCUT2D eigenvalue weighted by atomic mass is 9.91. The van der Waals surface area contributed by atoms with Crippen molar-refractivity contribution in [3.05, 3.63) is 0 Å². The Kier molecular flexibility index (Phi) is 3.99. The summed E-state index contributed by atoms with van der Waals surface area (Å²) >= 11 is 0. The van der Waals surface area contributed by atoms with Crippen LogP contribution in [0.2, 0.25) is 0 Å². The fourth-order valence-corrected chi connectivity index (χ4v) is 1.84. The van der Waals surface area contributed by atoms with E-state index < -0.39 is 5.67 Å². The van der Waals surface area contributed by atoms with Crippen molar-refractivity contribution in [3.8, 4) is 0 Å². The number of nitrogens with one attached hydrogen (secondary N) is 1. The Morgan fingerprint density at radius 2 is 2.17 bits per heavy atom. The fourth-order valence-electron chi connectivity index (χ4n) is 1.84. The Bertz CT molecular complexity index is 117. The van der Waals surface area contributed by atoms with Gasteiger partial charge in [0.2, 0.25) is 0 Å². The molecule has 0 aromatic rings. The molecule has 1 aliphatic heterocycles. The third-order valence-electron chi connectivity index (χ3n) is 2.71. The SMILES string of the molecule is CCCCC1(F)CCCNCC1. The zero-order valence-electron chi connectivity index (χ0n) is 8.03. The van der Waals surface area contributed by atoms with Gasteiger partial charge < -0.3 is 5.32 Å². The Morgan fingerprint density at radius 3 is 2.92 bits per heavy atom. The molecule has 12 heavy (non-hydrogen) atoms. The maximum absolute atomic E-state index is 14.0. The Labute approximate surface area is 74.7 Å². The van der Waals surface area contributed by atoms with Crippen molar-refractivity contribution in [2.75, 3.05) is 13.1 Å². The van der Waals surface area contributed by atoms with Gasteiger partial charge in [-0.15, -0.1) is 0 Å². The highest BCUT2D eigenvalue weighted by Crippen LogP contribution is 2.29. The summed E-state index contributed by atoms with van der Waals surface area (Å²) in [7, 11) is 0. The van der Waals surface area contributed by atoms with Gasteiger partial charge in [0, 0.05) is 0 Å². The molecule has 0 spiro atoms. The normalized spacial score (nSPS) is 31.5. The molecule has 0 aromatic carbocycles. The highest BCUT2D eigenvalue weighted by Gasteiger charge is 2.29. The van der Waals surface area contributed by atoms with Crippen molar-refractivity contribution in [1.82, 2.24) is 5.32 Å². The van der Waals surface area contributed by atoms with Gasteiger partial charge in [-0.1, -0.05) is 19.8 Å². The summed E-state index contributed by atoms with van der Waals surface area (Å²) in [6.07, 6.45) is 5.40. The van der Waals surface area contributed by atoms with E-state index in [-0.39, 0.29) is 0 Å². The molecule has 0 saturated carbocycles.